The van der Waals surface area contributed by atoms with E-state index in [1.807, 2.05) is 4.90 Å². The van der Waals surface area contributed by atoms with E-state index in [-0.39, 0.29) is 5.82 Å². The van der Waals surface area contributed by atoms with Crippen LogP contribution in [0.5, 0.6) is 0 Å². The lowest BCUT2D eigenvalue weighted by molar-refractivity contribution is -0.139. The quantitative estimate of drug-likeness (QED) is 0.781. The number of carbonyl (C=O) groups excluding carboxylic acids is 1. The van der Waals surface area contributed by atoms with Gasteiger partial charge in [0.2, 0.25) is 0 Å². The van der Waals surface area contributed by atoms with Gasteiger partial charge in [0.05, 0.1) is 11.3 Å². The minimum absolute atomic E-state index is 0.295. The van der Waals surface area contributed by atoms with Crippen molar-refractivity contribution in [1.29, 1.82) is 0 Å². The molecule has 2 aromatic carbocycles. The van der Waals surface area contributed by atoms with E-state index in [2.05, 4.69) is 5.32 Å². The topological polar surface area (TPSA) is 35.6 Å². The summed E-state index contributed by atoms with van der Waals surface area (Å²) in [6.07, 6.45) is -4.84. The smallest absolute Gasteiger partial charge is 0.368 e. The highest BCUT2D eigenvalue weighted by Gasteiger charge is 2.35. The molecule has 1 fully saturated rings. The third-order valence-corrected chi connectivity index (χ3v) is 4.30. The number of halogens is 5. The highest BCUT2D eigenvalue weighted by atomic mass is 19.4. The Balaban J connectivity index is 1.63. The number of alkyl halides is 3. The molecular weight excluding hydrogens is 369 g/mol. The van der Waals surface area contributed by atoms with Crippen LogP contribution < -0.4 is 10.2 Å². The molecule has 1 heterocycles. The number of amides is 2. The fourth-order valence-electron chi connectivity index (χ4n) is 2.86. The first-order chi connectivity index (χ1) is 12.8. The lowest BCUT2D eigenvalue weighted by Gasteiger charge is -2.36. The summed E-state index contributed by atoms with van der Waals surface area (Å²) in [5.74, 6) is -1.86. The van der Waals surface area contributed by atoms with Gasteiger partial charge < -0.3 is 15.1 Å². The predicted octanol–water partition coefficient (Wildman–Crippen LogP) is 4.34. The average Bonchev–Trinajstić information content (AvgIpc) is 2.63. The summed E-state index contributed by atoms with van der Waals surface area (Å²) >= 11 is 0. The number of urea groups is 1. The normalized spacial score (nSPS) is 15.0. The highest BCUT2D eigenvalue weighted by molar-refractivity contribution is 5.89. The van der Waals surface area contributed by atoms with Crippen LogP contribution in [-0.2, 0) is 6.18 Å². The summed E-state index contributed by atoms with van der Waals surface area (Å²) in [7, 11) is 0. The molecule has 2 amide bonds. The van der Waals surface area contributed by atoms with Gasteiger partial charge in [-0.25, -0.2) is 13.6 Å². The zero-order chi connectivity index (χ0) is 19.6. The van der Waals surface area contributed by atoms with Crippen molar-refractivity contribution in [2.24, 2.45) is 0 Å². The molecule has 0 saturated carbocycles. The Bertz CT molecular complexity index is 815. The van der Waals surface area contributed by atoms with Crippen molar-refractivity contribution in [3.8, 4) is 0 Å². The summed E-state index contributed by atoms with van der Waals surface area (Å²) in [6.45, 7) is 1.52. The molecule has 1 N–H and O–H groups in total. The molecule has 1 aliphatic rings. The molecule has 0 aliphatic carbocycles. The Morgan fingerprint density at radius 3 is 2.15 bits per heavy atom. The molecule has 2 aromatic rings. The Morgan fingerprint density at radius 2 is 1.56 bits per heavy atom. The van der Waals surface area contributed by atoms with Crippen LogP contribution in [-0.4, -0.2) is 37.1 Å². The fourth-order valence-corrected chi connectivity index (χ4v) is 2.86. The van der Waals surface area contributed by atoms with Crippen molar-refractivity contribution < 1.29 is 26.7 Å². The fraction of sp³-hybridized carbons (Fsp3) is 0.278. The monoisotopic (exact) mass is 385 g/mol. The second kappa shape index (κ2) is 7.42. The van der Waals surface area contributed by atoms with Gasteiger partial charge in [0.25, 0.3) is 0 Å². The Hall–Kier alpha value is -2.84. The summed E-state index contributed by atoms with van der Waals surface area (Å²) in [4.78, 5) is 15.6. The Morgan fingerprint density at radius 1 is 0.926 bits per heavy atom. The zero-order valence-electron chi connectivity index (χ0n) is 14.1. The van der Waals surface area contributed by atoms with Crippen molar-refractivity contribution in [3.05, 3.63) is 59.7 Å². The van der Waals surface area contributed by atoms with E-state index in [4.69, 9.17) is 0 Å². The van der Waals surface area contributed by atoms with Crippen molar-refractivity contribution >= 4 is 17.4 Å². The van der Waals surface area contributed by atoms with E-state index in [0.29, 0.717) is 32.2 Å². The maximum Gasteiger partial charge on any atom is 0.419 e. The van der Waals surface area contributed by atoms with Crippen LogP contribution >= 0.6 is 0 Å². The van der Waals surface area contributed by atoms with Gasteiger partial charge in [-0.15, -0.1) is 0 Å². The Kier molecular flexibility index (Phi) is 5.20. The summed E-state index contributed by atoms with van der Waals surface area (Å²) in [6, 6.07) is 7.99. The van der Waals surface area contributed by atoms with Crippen LogP contribution in [0.3, 0.4) is 0 Å². The minimum atomic E-state index is -4.84. The third kappa shape index (κ3) is 4.29. The van der Waals surface area contributed by atoms with Crippen molar-refractivity contribution in [2.75, 3.05) is 36.4 Å². The molecule has 9 heteroatoms. The largest absolute Gasteiger partial charge is 0.419 e. The second-order valence-corrected chi connectivity index (χ2v) is 6.05. The molecule has 0 radical (unpaired) electrons. The molecule has 0 atom stereocenters. The molecule has 0 aromatic heterocycles. The van der Waals surface area contributed by atoms with Crippen LogP contribution in [0.1, 0.15) is 5.56 Å². The number of hydrogen-bond donors (Lipinski definition) is 1. The van der Waals surface area contributed by atoms with Gasteiger partial charge >= 0.3 is 12.2 Å². The summed E-state index contributed by atoms with van der Waals surface area (Å²) < 4.78 is 65.3. The van der Waals surface area contributed by atoms with Gasteiger partial charge in [-0.3, -0.25) is 0 Å². The molecule has 1 saturated heterocycles. The molecule has 4 nitrogen and oxygen atoms in total. The number of rotatable bonds is 2. The van der Waals surface area contributed by atoms with Crippen molar-refractivity contribution in [3.63, 3.8) is 0 Å². The zero-order valence-corrected chi connectivity index (χ0v) is 14.1. The summed E-state index contributed by atoms with van der Waals surface area (Å²) in [5.41, 5.74) is -1.14. The first-order valence-corrected chi connectivity index (χ1v) is 8.18. The second-order valence-electron chi connectivity index (χ2n) is 6.05. The van der Waals surface area contributed by atoms with E-state index in [9.17, 15) is 26.7 Å². The number of anilines is 2. The lowest BCUT2D eigenvalue weighted by atomic mass is 10.1. The van der Waals surface area contributed by atoms with Crippen LogP contribution in [0.15, 0.2) is 42.5 Å². The van der Waals surface area contributed by atoms with Crippen LogP contribution in [0.4, 0.5) is 38.1 Å². The number of piperazine rings is 1. The molecule has 0 unspecified atom stereocenters. The molecule has 3 rings (SSSR count). The van der Waals surface area contributed by atoms with Gasteiger partial charge in [0.1, 0.15) is 5.82 Å². The molecule has 144 valence electrons. The minimum Gasteiger partial charge on any atom is -0.368 e. The van der Waals surface area contributed by atoms with E-state index >= 15 is 0 Å². The van der Waals surface area contributed by atoms with E-state index in [1.165, 1.54) is 17.0 Å². The van der Waals surface area contributed by atoms with Gasteiger partial charge in [-0.2, -0.15) is 13.2 Å². The maximum absolute atomic E-state index is 14.0. The average molecular weight is 385 g/mol. The number of hydrogen-bond acceptors (Lipinski definition) is 2. The molecule has 1 aliphatic heterocycles. The number of nitrogens with zero attached hydrogens (tertiary/aromatic N) is 2. The number of carbonyl (C=O) groups is 1. The van der Waals surface area contributed by atoms with Gasteiger partial charge in [0.15, 0.2) is 5.82 Å². The van der Waals surface area contributed by atoms with E-state index in [0.717, 1.165) is 17.8 Å². The predicted molar refractivity (Wildman–Crippen MR) is 90.6 cm³/mol. The Labute approximate surface area is 152 Å². The van der Waals surface area contributed by atoms with Crippen molar-refractivity contribution in [2.45, 2.75) is 6.18 Å². The third-order valence-electron chi connectivity index (χ3n) is 4.30. The molecule has 0 spiro atoms. The first kappa shape index (κ1) is 18.9. The maximum atomic E-state index is 14.0. The van der Waals surface area contributed by atoms with Crippen molar-refractivity contribution in [1.82, 2.24) is 4.90 Å². The number of benzene rings is 2. The van der Waals surface area contributed by atoms with E-state index < -0.39 is 29.3 Å². The van der Waals surface area contributed by atoms with Crippen LogP contribution in [0.25, 0.3) is 0 Å². The highest BCUT2D eigenvalue weighted by Crippen LogP contribution is 2.34. The van der Waals surface area contributed by atoms with Gasteiger partial charge in [0, 0.05) is 31.9 Å². The molecule has 0 bridgehead atoms. The standard InChI is InChI=1S/C18H16F5N3O/c19-12-4-6-13(7-5-12)25-8-10-26(11-9-25)17(27)24-15-3-1-2-14(16(15)20)18(21,22)23/h1-7H,8-11H2,(H,24,27). The van der Waals surface area contributed by atoms with Crippen LogP contribution in [0.2, 0.25) is 0 Å². The van der Waals surface area contributed by atoms with Gasteiger partial charge in [-0.1, -0.05) is 6.07 Å². The SMILES string of the molecule is O=C(Nc1cccc(C(F)(F)F)c1F)N1CCN(c2ccc(F)cc2)CC1. The van der Waals surface area contributed by atoms with E-state index in [1.54, 1.807) is 12.1 Å². The first-order valence-electron chi connectivity index (χ1n) is 8.18. The summed E-state index contributed by atoms with van der Waals surface area (Å²) in [5, 5.41) is 2.20. The number of nitrogens with one attached hydrogen (secondary N) is 1. The van der Waals surface area contributed by atoms with Gasteiger partial charge in [-0.05, 0) is 36.4 Å². The molecular formula is C18H16F5N3O. The van der Waals surface area contributed by atoms with Crippen LogP contribution in [0, 0.1) is 11.6 Å². The molecule has 27 heavy (non-hydrogen) atoms. The lowest BCUT2D eigenvalue weighted by Crippen LogP contribution is -2.50.